The van der Waals surface area contributed by atoms with E-state index < -0.39 is 0 Å². The summed E-state index contributed by atoms with van der Waals surface area (Å²) >= 11 is 2.80. The Labute approximate surface area is 122 Å². The monoisotopic (exact) mass is 306 g/mol. The van der Waals surface area contributed by atoms with E-state index >= 15 is 0 Å². The maximum atomic E-state index is 4.40. The van der Waals surface area contributed by atoms with Crippen molar-refractivity contribution >= 4 is 29.0 Å². The van der Waals surface area contributed by atoms with Gasteiger partial charge in [-0.15, -0.1) is 10.2 Å². The van der Waals surface area contributed by atoms with Crippen LogP contribution in [0.5, 0.6) is 0 Å². The minimum absolute atomic E-state index is 0.514. The van der Waals surface area contributed by atoms with Crippen molar-refractivity contribution < 1.29 is 0 Å². The number of nitrogens with zero attached hydrogens (tertiary/aromatic N) is 7. The number of nitrogens with one attached hydrogen (secondary N) is 1. The number of hydrogen-bond donors (Lipinski definition) is 1. The van der Waals surface area contributed by atoms with Crippen LogP contribution in [0.2, 0.25) is 0 Å². The van der Waals surface area contributed by atoms with Crippen LogP contribution in [0.4, 0.5) is 5.95 Å². The molecule has 0 aliphatic carbocycles. The van der Waals surface area contributed by atoms with E-state index in [4.69, 9.17) is 0 Å². The quantitative estimate of drug-likeness (QED) is 0.757. The van der Waals surface area contributed by atoms with Gasteiger partial charge in [-0.05, 0) is 18.7 Å². The molecule has 0 aliphatic heterocycles. The fourth-order valence-corrected chi connectivity index (χ4v) is 2.73. The van der Waals surface area contributed by atoms with E-state index in [1.54, 1.807) is 28.8 Å². The molecule has 3 aromatic rings. The fraction of sp³-hybridized carbons (Fsp3) is 0.200. The Morgan fingerprint density at radius 3 is 3.00 bits per heavy atom. The summed E-state index contributed by atoms with van der Waals surface area (Å²) < 4.78 is 2.52. The number of hydrogen-bond acceptors (Lipinski definition) is 9. The summed E-state index contributed by atoms with van der Waals surface area (Å²) in [7, 11) is 0. The second kappa shape index (κ2) is 5.92. The SMILES string of the molecule is CCNc1nc(Sc2nncs2)nc(-n2ccnc2)n1. The van der Waals surface area contributed by atoms with Gasteiger partial charge >= 0.3 is 0 Å². The van der Waals surface area contributed by atoms with Crippen molar-refractivity contribution in [3.63, 3.8) is 0 Å². The van der Waals surface area contributed by atoms with Crippen LogP contribution >= 0.6 is 23.1 Å². The molecule has 3 rings (SSSR count). The van der Waals surface area contributed by atoms with E-state index in [1.165, 1.54) is 23.1 Å². The first-order chi connectivity index (χ1) is 9.85. The third kappa shape index (κ3) is 2.91. The van der Waals surface area contributed by atoms with Gasteiger partial charge in [0, 0.05) is 18.9 Å². The van der Waals surface area contributed by atoms with Gasteiger partial charge in [0.05, 0.1) is 0 Å². The van der Waals surface area contributed by atoms with Gasteiger partial charge in [-0.2, -0.15) is 15.0 Å². The van der Waals surface area contributed by atoms with Crippen molar-refractivity contribution in [3.05, 3.63) is 24.2 Å². The number of rotatable bonds is 5. The Kier molecular flexibility index (Phi) is 3.83. The Morgan fingerprint density at radius 2 is 2.30 bits per heavy atom. The van der Waals surface area contributed by atoms with E-state index in [0.717, 1.165) is 10.9 Å². The van der Waals surface area contributed by atoms with E-state index in [9.17, 15) is 0 Å². The van der Waals surface area contributed by atoms with E-state index in [0.29, 0.717) is 17.1 Å². The molecule has 0 radical (unpaired) electrons. The molecular weight excluding hydrogens is 296 g/mol. The first-order valence-electron chi connectivity index (χ1n) is 5.77. The highest BCUT2D eigenvalue weighted by Crippen LogP contribution is 2.26. The maximum absolute atomic E-state index is 4.40. The number of aromatic nitrogens is 7. The van der Waals surface area contributed by atoms with Gasteiger partial charge in [0.15, 0.2) is 4.34 Å². The van der Waals surface area contributed by atoms with Crippen LogP contribution in [0, 0.1) is 0 Å². The summed E-state index contributed by atoms with van der Waals surface area (Å²) in [5.41, 5.74) is 1.67. The van der Waals surface area contributed by atoms with Crippen LogP contribution in [0.1, 0.15) is 6.92 Å². The molecule has 10 heteroatoms. The molecule has 8 nitrogen and oxygen atoms in total. The molecule has 1 N–H and O–H groups in total. The van der Waals surface area contributed by atoms with Crippen LogP contribution in [0.3, 0.4) is 0 Å². The fourth-order valence-electron chi connectivity index (χ4n) is 1.41. The minimum atomic E-state index is 0.514. The molecule has 3 heterocycles. The topological polar surface area (TPSA) is 94.3 Å². The first-order valence-corrected chi connectivity index (χ1v) is 7.47. The first kappa shape index (κ1) is 12.9. The van der Waals surface area contributed by atoms with E-state index in [2.05, 4.69) is 35.5 Å². The van der Waals surface area contributed by atoms with Crippen LogP contribution in [0.15, 0.2) is 33.7 Å². The van der Waals surface area contributed by atoms with Gasteiger partial charge < -0.3 is 5.32 Å². The predicted molar refractivity (Wildman–Crippen MR) is 75.1 cm³/mol. The molecule has 0 spiro atoms. The van der Waals surface area contributed by atoms with Gasteiger partial charge in [0.25, 0.3) is 0 Å². The molecule has 0 saturated heterocycles. The predicted octanol–water partition coefficient (Wildman–Crippen LogP) is 1.49. The zero-order valence-electron chi connectivity index (χ0n) is 10.5. The van der Waals surface area contributed by atoms with E-state index in [1.807, 2.05) is 6.92 Å². The molecule has 102 valence electrons. The van der Waals surface area contributed by atoms with Crippen molar-refractivity contribution in [1.82, 2.24) is 34.7 Å². The Balaban J connectivity index is 1.96. The molecule has 0 unspecified atom stereocenters. The van der Waals surface area contributed by atoms with Gasteiger partial charge in [0.2, 0.25) is 17.1 Å². The normalized spacial score (nSPS) is 10.7. The third-order valence-electron chi connectivity index (χ3n) is 2.19. The average Bonchev–Trinajstić information content (AvgIpc) is 3.11. The van der Waals surface area contributed by atoms with Gasteiger partial charge in [-0.3, -0.25) is 4.57 Å². The molecule has 0 aromatic carbocycles. The highest BCUT2D eigenvalue weighted by atomic mass is 32.2. The summed E-state index contributed by atoms with van der Waals surface area (Å²) in [6, 6.07) is 0. The molecule has 0 atom stereocenters. The van der Waals surface area contributed by atoms with Crippen molar-refractivity contribution in [2.45, 2.75) is 16.4 Å². The van der Waals surface area contributed by atoms with Crippen LogP contribution in [-0.4, -0.2) is 41.2 Å². The Bertz CT molecular complexity index is 667. The smallest absolute Gasteiger partial charge is 0.240 e. The second-order valence-electron chi connectivity index (χ2n) is 3.55. The zero-order valence-corrected chi connectivity index (χ0v) is 12.1. The lowest BCUT2D eigenvalue weighted by Crippen LogP contribution is -2.08. The maximum Gasteiger partial charge on any atom is 0.240 e. The lowest BCUT2D eigenvalue weighted by molar-refractivity contribution is 0.822. The number of anilines is 1. The van der Waals surface area contributed by atoms with Crippen LogP contribution < -0.4 is 5.32 Å². The number of imidazole rings is 1. The zero-order chi connectivity index (χ0) is 13.8. The summed E-state index contributed by atoms with van der Waals surface area (Å²) in [6.07, 6.45) is 5.10. The largest absolute Gasteiger partial charge is 0.354 e. The van der Waals surface area contributed by atoms with Gasteiger partial charge in [-0.25, -0.2) is 4.98 Å². The second-order valence-corrected chi connectivity index (χ2v) is 5.60. The van der Waals surface area contributed by atoms with Crippen molar-refractivity contribution in [1.29, 1.82) is 0 Å². The minimum Gasteiger partial charge on any atom is -0.354 e. The van der Waals surface area contributed by atoms with Crippen molar-refractivity contribution in [2.24, 2.45) is 0 Å². The molecule has 0 amide bonds. The third-order valence-corrected chi connectivity index (χ3v) is 3.84. The van der Waals surface area contributed by atoms with E-state index in [-0.39, 0.29) is 0 Å². The highest BCUT2D eigenvalue weighted by Gasteiger charge is 2.10. The highest BCUT2D eigenvalue weighted by molar-refractivity contribution is 8.00. The molecule has 0 saturated carbocycles. The van der Waals surface area contributed by atoms with Gasteiger partial charge in [-0.1, -0.05) is 11.3 Å². The standard InChI is InChI=1S/C10H10N8S2/c1-2-12-7-14-8(18-4-3-11-5-18)16-9(15-7)20-10-17-13-6-19-10/h3-6H,2H2,1H3,(H,12,14,15,16). The van der Waals surface area contributed by atoms with Gasteiger partial charge in [0.1, 0.15) is 11.8 Å². The summed E-state index contributed by atoms with van der Waals surface area (Å²) in [5, 5.41) is 11.4. The molecule has 0 bridgehead atoms. The molecule has 20 heavy (non-hydrogen) atoms. The van der Waals surface area contributed by atoms with Crippen molar-refractivity contribution in [3.8, 4) is 5.95 Å². The summed E-state index contributed by atoms with van der Waals surface area (Å²) in [6.45, 7) is 2.72. The van der Waals surface area contributed by atoms with Crippen LogP contribution in [-0.2, 0) is 0 Å². The van der Waals surface area contributed by atoms with Crippen molar-refractivity contribution in [2.75, 3.05) is 11.9 Å². The average molecular weight is 306 g/mol. The lowest BCUT2D eigenvalue weighted by Gasteiger charge is -2.06. The Morgan fingerprint density at radius 1 is 1.35 bits per heavy atom. The summed E-state index contributed by atoms with van der Waals surface area (Å²) in [4.78, 5) is 17.1. The molecular formula is C10H10N8S2. The molecule has 0 fully saturated rings. The lowest BCUT2D eigenvalue weighted by atomic mass is 10.7. The Hall–Kier alpha value is -2.07. The van der Waals surface area contributed by atoms with Crippen LogP contribution in [0.25, 0.3) is 5.95 Å². The molecule has 3 aromatic heterocycles. The summed E-state index contributed by atoms with van der Waals surface area (Å²) in [5.74, 6) is 1.04. The molecule has 0 aliphatic rings.